The van der Waals surface area contributed by atoms with Crippen LogP contribution in [0, 0.1) is 17.8 Å². The molecular formula is C86H168O17P2. The zero-order valence-corrected chi connectivity index (χ0v) is 71.0. The van der Waals surface area contributed by atoms with Crippen LogP contribution in [-0.2, 0) is 65.4 Å². The summed E-state index contributed by atoms with van der Waals surface area (Å²) in [4.78, 5) is 73.2. The number of unbranched alkanes of at least 4 members (excludes halogenated alkanes) is 51. The topological polar surface area (TPSA) is 237 Å². The summed E-state index contributed by atoms with van der Waals surface area (Å²) in [5.74, 6) is 0.331. The number of rotatable bonds is 84. The average Bonchev–Trinajstić information content (AvgIpc) is 0.924. The van der Waals surface area contributed by atoms with E-state index >= 15 is 0 Å². The van der Waals surface area contributed by atoms with Crippen molar-refractivity contribution in [2.24, 2.45) is 17.8 Å². The highest BCUT2D eigenvalue weighted by Gasteiger charge is 2.30. The summed E-state index contributed by atoms with van der Waals surface area (Å²) in [5.41, 5.74) is 0. The van der Waals surface area contributed by atoms with Crippen molar-refractivity contribution < 1.29 is 80.2 Å². The molecule has 0 bridgehead atoms. The molecule has 3 unspecified atom stereocenters. The Kier molecular flexibility index (Phi) is 74.7. The molecule has 105 heavy (non-hydrogen) atoms. The fraction of sp³-hybridized carbons (Fsp3) is 0.953. The lowest BCUT2D eigenvalue weighted by atomic mass is 9.99. The van der Waals surface area contributed by atoms with E-state index in [4.69, 9.17) is 37.0 Å². The quantitative estimate of drug-likeness (QED) is 0.0222. The summed E-state index contributed by atoms with van der Waals surface area (Å²) in [5, 5.41) is 10.7. The van der Waals surface area contributed by atoms with Crippen molar-refractivity contribution in [2.75, 3.05) is 39.6 Å². The van der Waals surface area contributed by atoms with E-state index in [9.17, 15) is 43.2 Å². The van der Waals surface area contributed by atoms with Gasteiger partial charge in [0.05, 0.1) is 26.4 Å². The Morgan fingerprint density at radius 2 is 0.486 bits per heavy atom. The van der Waals surface area contributed by atoms with E-state index in [1.807, 2.05) is 0 Å². The van der Waals surface area contributed by atoms with Crippen LogP contribution in [0.3, 0.4) is 0 Å². The molecule has 6 atom stereocenters. The molecule has 17 nitrogen and oxygen atoms in total. The second-order valence-corrected chi connectivity index (χ2v) is 35.0. The van der Waals surface area contributed by atoms with Gasteiger partial charge in [0, 0.05) is 25.7 Å². The third-order valence-electron chi connectivity index (χ3n) is 20.5. The summed E-state index contributed by atoms with van der Waals surface area (Å²) in [6.07, 6.45) is 66.6. The molecule has 0 aliphatic carbocycles. The number of phosphoric acid groups is 2. The lowest BCUT2D eigenvalue weighted by Gasteiger charge is -2.21. The third-order valence-corrected chi connectivity index (χ3v) is 22.4. The van der Waals surface area contributed by atoms with E-state index in [0.29, 0.717) is 25.7 Å². The molecule has 0 aromatic carbocycles. The fourth-order valence-corrected chi connectivity index (χ4v) is 14.9. The number of phosphoric ester groups is 2. The summed E-state index contributed by atoms with van der Waals surface area (Å²) in [6.45, 7) is 12.1. The minimum absolute atomic E-state index is 0.106. The first kappa shape index (κ1) is 103. The maximum atomic E-state index is 13.1. The molecule has 0 aliphatic heterocycles. The van der Waals surface area contributed by atoms with E-state index in [1.165, 1.54) is 263 Å². The molecule has 3 N–H and O–H groups in total. The van der Waals surface area contributed by atoms with Gasteiger partial charge in [-0.1, -0.05) is 402 Å². The Morgan fingerprint density at radius 1 is 0.276 bits per heavy atom. The van der Waals surface area contributed by atoms with Crippen LogP contribution in [-0.4, -0.2) is 96.7 Å². The highest BCUT2D eigenvalue weighted by atomic mass is 31.2. The molecule has 0 heterocycles. The van der Waals surface area contributed by atoms with Gasteiger partial charge < -0.3 is 33.8 Å². The molecule has 0 rings (SSSR count). The Balaban J connectivity index is 5.22. The van der Waals surface area contributed by atoms with Gasteiger partial charge in [-0.25, -0.2) is 9.13 Å². The summed E-state index contributed by atoms with van der Waals surface area (Å²) in [7, 11) is -9.93. The summed E-state index contributed by atoms with van der Waals surface area (Å²) in [6, 6.07) is 0. The van der Waals surface area contributed by atoms with E-state index in [-0.39, 0.29) is 25.7 Å². The van der Waals surface area contributed by atoms with Gasteiger partial charge in [0.1, 0.15) is 19.3 Å². The first-order valence-corrected chi connectivity index (χ1v) is 47.4. The first-order chi connectivity index (χ1) is 50.8. The van der Waals surface area contributed by atoms with E-state index in [0.717, 1.165) is 108 Å². The van der Waals surface area contributed by atoms with Gasteiger partial charge in [-0.2, -0.15) is 0 Å². The van der Waals surface area contributed by atoms with Crippen LogP contribution in [0.25, 0.3) is 0 Å². The number of carbonyl (C=O) groups is 4. The molecular weight excluding hydrogens is 1370 g/mol. The molecule has 0 aromatic heterocycles. The number of esters is 4. The van der Waals surface area contributed by atoms with Crippen molar-refractivity contribution >= 4 is 39.5 Å². The lowest BCUT2D eigenvalue weighted by Crippen LogP contribution is -2.30. The van der Waals surface area contributed by atoms with E-state index in [2.05, 4.69) is 48.5 Å². The van der Waals surface area contributed by atoms with Crippen LogP contribution in [0.15, 0.2) is 0 Å². The van der Waals surface area contributed by atoms with Crippen molar-refractivity contribution in [3.8, 4) is 0 Å². The highest BCUT2D eigenvalue weighted by molar-refractivity contribution is 7.47. The zero-order valence-electron chi connectivity index (χ0n) is 69.2. The van der Waals surface area contributed by atoms with Crippen LogP contribution in [0.4, 0.5) is 0 Å². The second kappa shape index (κ2) is 76.1. The van der Waals surface area contributed by atoms with Gasteiger partial charge in [0.25, 0.3) is 0 Å². The highest BCUT2D eigenvalue weighted by Crippen LogP contribution is 2.45. The van der Waals surface area contributed by atoms with Gasteiger partial charge in [0.2, 0.25) is 0 Å². The number of carbonyl (C=O) groups excluding carboxylic acids is 4. The second-order valence-electron chi connectivity index (χ2n) is 32.1. The molecule has 19 heteroatoms. The van der Waals surface area contributed by atoms with Crippen LogP contribution in [0.5, 0.6) is 0 Å². The molecule has 624 valence electrons. The molecule has 0 saturated carbocycles. The predicted octanol–water partition coefficient (Wildman–Crippen LogP) is 26.1. The molecule has 0 spiro atoms. The van der Waals surface area contributed by atoms with Crippen molar-refractivity contribution in [1.82, 2.24) is 0 Å². The number of aliphatic hydroxyl groups is 1. The van der Waals surface area contributed by atoms with Crippen LogP contribution in [0.2, 0.25) is 0 Å². The van der Waals surface area contributed by atoms with Crippen molar-refractivity contribution in [3.05, 3.63) is 0 Å². The molecule has 0 aromatic rings. The SMILES string of the molecule is CCCCCCCCCCCCCC(=O)OC[C@H](COP(=O)(O)OC[C@H](O)COP(=O)(O)OC[C@@H](COC(=O)CCCCCCCCCCCCCCCCCCC(C)C)OC(=O)CCCCCCCCCCCCCCCCCCCCC(C)CC)OC(=O)CCCCCCCCCCCCC(C)C. The van der Waals surface area contributed by atoms with E-state index < -0.39 is 97.5 Å². The maximum Gasteiger partial charge on any atom is 0.472 e. The zero-order chi connectivity index (χ0) is 77.2. The predicted molar refractivity (Wildman–Crippen MR) is 432 cm³/mol. The summed E-state index contributed by atoms with van der Waals surface area (Å²) >= 11 is 0. The number of aliphatic hydroxyl groups excluding tert-OH is 1. The fourth-order valence-electron chi connectivity index (χ4n) is 13.3. The van der Waals surface area contributed by atoms with E-state index in [1.54, 1.807) is 0 Å². The third kappa shape index (κ3) is 78.5. The largest absolute Gasteiger partial charge is 0.472 e. The number of hydrogen-bond donors (Lipinski definition) is 3. The van der Waals surface area contributed by atoms with Gasteiger partial charge in [-0.05, 0) is 43.4 Å². The molecule has 0 radical (unpaired) electrons. The average molecular weight is 1540 g/mol. The van der Waals surface area contributed by atoms with Crippen molar-refractivity contribution in [2.45, 2.75) is 471 Å². The normalized spacial score (nSPS) is 14.1. The number of hydrogen-bond acceptors (Lipinski definition) is 15. The minimum Gasteiger partial charge on any atom is -0.462 e. The van der Waals surface area contributed by atoms with Gasteiger partial charge in [-0.3, -0.25) is 37.3 Å². The van der Waals surface area contributed by atoms with Gasteiger partial charge in [0.15, 0.2) is 12.2 Å². The minimum atomic E-state index is -4.97. The summed E-state index contributed by atoms with van der Waals surface area (Å²) < 4.78 is 68.9. The van der Waals surface area contributed by atoms with Crippen molar-refractivity contribution in [3.63, 3.8) is 0 Å². The lowest BCUT2D eigenvalue weighted by molar-refractivity contribution is -0.161. The standard InChI is InChI=1S/C86H168O17P2/c1-8-10-11-12-13-14-29-39-46-53-60-67-83(88)96-73-82(103-86(91)70-63-56-49-42-35-34-37-44-51-58-65-78(5)6)76-101-105(94,95)99-72-80(87)71-98-104(92,93)100-75-81(74-97-84(89)68-61-54-47-40-32-27-23-20-19-21-25-30-36-43-50-57-64-77(3)4)102-85(90)69-62-55-48-41-33-28-24-18-16-15-17-22-26-31-38-45-52-59-66-79(7)9-2/h77-82,87H,8-76H2,1-7H3,(H,92,93)(H,94,95)/t79?,80-,81-,82-/m1/s1. The number of ether oxygens (including phenoxy) is 4. The van der Waals surface area contributed by atoms with Gasteiger partial charge >= 0.3 is 39.5 Å². The maximum absolute atomic E-state index is 13.1. The van der Waals surface area contributed by atoms with Gasteiger partial charge in [-0.15, -0.1) is 0 Å². The molecule has 0 aliphatic rings. The molecule has 0 saturated heterocycles. The van der Waals surface area contributed by atoms with Crippen molar-refractivity contribution in [1.29, 1.82) is 0 Å². The monoisotopic (exact) mass is 1540 g/mol. The smallest absolute Gasteiger partial charge is 0.462 e. The Labute approximate surface area is 645 Å². The van der Waals surface area contributed by atoms with Crippen LogP contribution in [0.1, 0.15) is 453 Å². The van der Waals surface area contributed by atoms with Crippen LogP contribution >= 0.6 is 15.6 Å². The Bertz CT molecular complexity index is 2030. The van der Waals surface area contributed by atoms with Crippen LogP contribution < -0.4 is 0 Å². The molecule has 0 amide bonds. The Hall–Kier alpha value is -1.94. The molecule has 0 fully saturated rings. The Morgan fingerprint density at radius 3 is 0.724 bits per heavy atom. The first-order valence-electron chi connectivity index (χ1n) is 44.4.